The highest BCUT2D eigenvalue weighted by molar-refractivity contribution is 6.31. The fourth-order valence-electron chi connectivity index (χ4n) is 4.54. The SMILES string of the molecule is Cc1nc2c3c(c(N4CCCCC4=O)cc2n1C)CC[C@@H](c1ccccc1Cl)O3. The van der Waals surface area contributed by atoms with Crippen LogP contribution in [0.4, 0.5) is 5.69 Å². The second-order valence-electron chi connectivity index (χ2n) is 7.96. The zero-order valence-corrected chi connectivity index (χ0v) is 17.5. The Morgan fingerprint density at radius 2 is 2.03 bits per heavy atom. The van der Waals surface area contributed by atoms with E-state index < -0.39 is 0 Å². The largest absolute Gasteiger partial charge is 0.483 e. The van der Waals surface area contributed by atoms with Crippen molar-refractivity contribution in [1.29, 1.82) is 0 Å². The van der Waals surface area contributed by atoms with Crippen molar-refractivity contribution in [2.45, 2.75) is 45.1 Å². The fraction of sp³-hybridized carbons (Fsp3) is 0.391. The second-order valence-corrected chi connectivity index (χ2v) is 8.37. The van der Waals surface area contributed by atoms with Gasteiger partial charge < -0.3 is 14.2 Å². The van der Waals surface area contributed by atoms with E-state index in [1.807, 2.05) is 43.1 Å². The monoisotopic (exact) mass is 409 g/mol. The number of carbonyl (C=O) groups is 1. The molecule has 3 aromatic rings. The fourth-order valence-corrected chi connectivity index (χ4v) is 4.79. The van der Waals surface area contributed by atoms with Gasteiger partial charge in [-0.25, -0.2) is 4.98 Å². The Morgan fingerprint density at radius 3 is 2.83 bits per heavy atom. The molecule has 0 saturated carbocycles. The maximum Gasteiger partial charge on any atom is 0.226 e. The van der Waals surface area contributed by atoms with Crippen molar-refractivity contribution in [3.63, 3.8) is 0 Å². The standard InChI is InChI=1S/C23H24ClN3O2/c1-14-25-22-19(26(14)2)13-18(27-12-6-5-9-21(27)28)16-10-11-20(29-23(16)22)15-7-3-4-8-17(15)24/h3-4,7-8,13,20H,5-6,9-12H2,1-2H3/t20-/m0/s1. The summed E-state index contributed by atoms with van der Waals surface area (Å²) in [6.07, 6.45) is 4.15. The molecule has 29 heavy (non-hydrogen) atoms. The first-order valence-corrected chi connectivity index (χ1v) is 10.6. The van der Waals surface area contributed by atoms with Crippen LogP contribution in [0.3, 0.4) is 0 Å². The number of aryl methyl sites for hydroxylation is 2. The van der Waals surface area contributed by atoms with Crippen LogP contribution in [-0.4, -0.2) is 22.0 Å². The molecule has 5 nitrogen and oxygen atoms in total. The zero-order valence-electron chi connectivity index (χ0n) is 16.7. The number of anilines is 1. The molecule has 0 N–H and O–H groups in total. The molecule has 0 spiro atoms. The van der Waals surface area contributed by atoms with Gasteiger partial charge in [0.2, 0.25) is 5.91 Å². The molecular formula is C23H24ClN3O2. The zero-order chi connectivity index (χ0) is 20.1. The molecule has 5 rings (SSSR count). The summed E-state index contributed by atoms with van der Waals surface area (Å²) in [6.45, 7) is 2.76. The van der Waals surface area contributed by atoms with Crippen molar-refractivity contribution >= 4 is 34.2 Å². The van der Waals surface area contributed by atoms with E-state index in [0.29, 0.717) is 6.42 Å². The van der Waals surface area contributed by atoms with Crippen LogP contribution in [0.2, 0.25) is 5.02 Å². The molecule has 1 atom stereocenters. The van der Waals surface area contributed by atoms with Gasteiger partial charge in [-0.2, -0.15) is 0 Å². The van der Waals surface area contributed by atoms with E-state index in [-0.39, 0.29) is 12.0 Å². The average molecular weight is 410 g/mol. The summed E-state index contributed by atoms with van der Waals surface area (Å²) >= 11 is 6.45. The highest BCUT2D eigenvalue weighted by atomic mass is 35.5. The lowest BCUT2D eigenvalue weighted by Crippen LogP contribution is -2.36. The number of rotatable bonds is 2. The third kappa shape index (κ3) is 2.99. The average Bonchev–Trinajstić information content (AvgIpc) is 3.02. The van der Waals surface area contributed by atoms with Gasteiger partial charge in [0.1, 0.15) is 17.4 Å². The molecule has 0 unspecified atom stereocenters. The minimum Gasteiger partial charge on any atom is -0.483 e. The number of halogens is 1. The summed E-state index contributed by atoms with van der Waals surface area (Å²) in [6, 6.07) is 9.97. The van der Waals surface area contributed by atoms with E-state index in [1.54, 1.807) is 0 Å². The van der Waals surface area contributed by atoms with Gasteiger partial charge in [-0.3, -0.25) is 4.79 Å². The van der Waals surface area contributed by atoms with Crippen LogP contribution in [0, 0.1) is 6.92 Å². The Bertz CT molecular complexity index is 1120. The van der Waals surface area contributed by atoms with Crippen molar-refractivity contribution in [3.05, 3.63) is 52.3 Å². The van der Waals surface area contributed by atoms with E-state index in [1.165, 1.54) is 0 Å². The minimum atomic E-state index is -0.117. The van der Waals surface area contributed by atoms with Gasteiger partial charge in [0.15, 0.2) is 5.75 Å². The Kier molecular flexibility index (Phi) is 4.50. The first kappa shape index (κ1) is 18.5. The summed E-state index contributed by atoms with van der Waals surface area (Å²) in [4.78, 5) is 19.4. The molecule has 0 radical (unpaired) electrons. The highest BCUT2D eigenvalue weighted by Gasteiger charge is 2.32. The molecule has 2 aromatic carbocycles. The van der Waals surface area contributed by atoms with E-state index in [9.17, 15) is 4.79 Å². The molecule has 150 valence electrons. The number of nitrogens with zero attached hydrogens (tertiary/aromatic N) is 3. The normalized spacial score (nSPS) is 19.3. The Hall–Kier alpha value is -2.53. The number of carbonyl (C=O) groups excluding carboxylic acids is 1. The van der Waals surface area contributed by atoms with E-state index in [4.69, 9.17) is 21.3 Å². The van der Waals surface area contributed by atoms with Crippen LogP contribution in [0.15, 0.2) is 30.3 Å². The Morgan fingerprint density at radius 1 is 1.21 bits per heavy atom. The minimum absolute atomic E-state index is 0.117. The summed E-state index contributed by atoms with van der Waals surface area (Å²) in [7, 11) is 2.01. The molecule has 1 aromatic heterocycles. The molecule has 6 heteroatoms. The summed E-state index contributed by atoms with van der Waals surface area (Å²) in [5.41, 5.74) is 4.94. The quantitative estimate of drug-likeness (QED) is 0.590. The first-order valence-electron chi connectivity index (χ1n) is 10.2. The van der Waals surface area contributed by atoms with Crippen molar-refractivity contribution in [3.8, 4) is 5.75 Å². The van der Waals surface area contributed by atoms with Gasteiger partial charge in [-0.1, -0.05) is 29.8 Å². The van der Waals surface area contributed by atoms with Crippen LogP contribution >= 0.6 is 11.6 Å². The molecule has 0 bridgehead atoms. The molecule has 2 aliphatic rings. The Labute approximate surface area is 175 Å². The van der Waals surface area contributed by atoms with Crippen LogP contribution < -0.4 is 9.64 Å². The lowest BCUT2D eigenvalue weighted by atomic mass is 9.94. The van der Waals surface area contributed by atoms with Crippen molar-refractivity contribution < 1.29 is 9.53 Å². The number of amides is 1. The number of hydrogen-bond donors (Lipinski definition) is 0. The second kappa shape index (κ2) is 7.06. The van der Waals surface area contributed by atoms with E-state index in [2.05, 4.69) is 10.6 Å². The van der Waals surface area contributed by atoms with Gasteiger partial charge in [0, 0.05) is 36.2 Å². The number of piperidine rings is 1. The lowest BCUT2D eigenvalue weighted by molar-refractivity contribution is -0.119. The van der Waals surface area contributed by atoms with Crippen LogP contribution in [-0.2, 0) is 18.3 Å². The lowest BCUT2D eigenvalue weighted by Gasteiger charge is -2.33. The van der Waals surface area contributed by atoms with E-state index >= 15 is 0 Å². The number of hydrogen-bond acceptors (Lipinski definition) is 3. The summed E-state index contributed by atoms with van der Waals surface area (Å²) in [5, 5.41) is 0.719. The molecule has 1 fully saturated rings. The maximum atomic E-state index is 12.7. The number of benzene rings is 2. The van der Waals surface area contributed by atoms with Gasteiger partial charge >= 0.3 is 0 Å². The number of fused-ring (bicyclic) bond motifs is 3. The van der Waals surface area contributed by atoms with E-state index in [0.717, 1.165) is 76.7 Å². The van der Waals surface area contributed by atoms with Crippen molar-refractivity contribution in [2.75, 3.05) is 11.4 Å². The number of imidazole rings is 1. The topological polar surface area (TPSA) is 47.4 Å². The summed E-state index contributed by atoms with van der Waals surface area (Å²) in [5.74, 6) is 1.92. The molecular weight excluding hydrogens is 386 g/mol. The van der Waals surface area contributed by atoms with Gasteiger partial charge in [-0.05, 0) is 44.7 Å². The van der Waals surface area contributed by atoms with Crippen LogP contribution in [0.5, 0.6) is 5.75 Å². The molecule has 2 aliphatic heterocycles. The molecule has 0 aliphatic carbocycles. The van der Waals surface area contributed by atoms with Crippen LogP contribution in [0.1, 0.15) is 48.7 Å². The Balaban J connectivity index is 1.67. The van der Waals surface area contributed by atoms with Crippen LogP contribution in [0.25, 0.3) is 11.0 Å². The van der Waals surface area contributed by atoms with Crippen molar-refractivity contribution in [2.24, 2.45) is 7.05 Å². The smallest absolute Gasteiger partial charge is 0.226 e. The highest BCUT2D eigenvalue weighted by Crippen LogP contribution is 2.46. The molecule has 1 saturated heterocycles. The third-order valence-electron chi connectivity index (χ3n) is 6.22. The molecule has 3 heterocycles. The number of aromatic nitrogens is 2. The first-order chi connectivity index (χ1) is 14.0. The predicted molar refractivity (Wildman–Crippen MR) is 115 cm³/mol. The maximum absolute atomic E-state index is 12.7. The van der Waals surface area contributed by atoms with Gasteiger partial charge in [-0.15, -0.1) is 0 Å². The predicted octanol–water partition coefficient (Wildman–Crippen LogP) is 5.12. The molecule has 1 amide bonds. The third-order valence-corrected chi connectivity index (χ3v) is 6.56. The van der Waals surface area contributed by atoms with Crippen molar-refractivity contribution in [1.82, 2.24) is 9.55 Å². The van der Waals surface area contributed by atoms with Gasteiger partial charge in [0.05, 0.1) is 11.2 Å². The summed E-state index contributed by atoms with van der Waals surface area (Å²) < 4.78 is 8.61. The number of ether oxygens (including phenoxy) is 1. The van der Waals surface area contributed by atoms with Gasteiger partial charge in [0.25, 0.3) is 0 Å².